The van der Waals surface area contributed by atoms with E-state index in [9.17, 15) is 14.7 Å². The molecule has 2 aromatic rings. The lowest BCUT2D eigenvalue weighted by Gasteiger charge is -2.25. The van der Waals surface area contributed by atoms with Crippen LogP contribution in [0.4, 0.5) is 0 Å². The number of amides is 2. The predicted octanol–water partition coefficient (Wildman–Crippen LogP) is 2.61. The van der Waals surface area contributed by atoms with Crippen LogP contribution in [-0.4, -0.2) is 53.6 Å². The molecule has 0 aliphatic carbocycles. The lowest BCUT2D eigenvalue weighted by molar-refractivity contribution is 0.0744. The van der Waals surface area contributed by atoms with E-state index < -0.39 is 12.1 Å². The molecular formula is C24H33N3O3. The van der Waals surface area contributed by atoms with Gasteiger partial charge in [-0.3, -0.25) is 9.59 Å². The second-order valence-electron chi connectivity index (χ2n) is 7.41. The molecule has 0 radical (unpaired) electrons. The van der Waals surface area contributed by atoms with Crippen molar-refractivity contribution >= 4 is 11.8 Å². The standard InChI is InChI=1S/C24H33N3O3/c1-3-14-27(15-4-2)24(30)20-13-9-8-12-19(20)23(29)26-21(22(28)17-25)16-18-10-6-5-7-11-18/h5-13,21-22,28H,3-4,14-17,25H2,1-2H3,(H,26,29)/t21-,22+/m0/s1. The highest BCUT2D eigenvalue weighted by atomic mass is 16.3. The van der Waals surface area contributed by atoms with E-state index in [1.54, 1.807) is 29.2 Å². The highest BCUT2D eigenvalue weighted by molar-refractivity contribution is 6.07. The molecule has 0 heterocycles. The predicted molar refractivity (Wildman–Crippen MR) is 119 cm³/mol. The average molecular weight is 412 g/mol. The summed E-state index contributed by atoms with van der Waals surface area (Å²) >= 11 is 0. The maximum absolute atomic E-state index is 13.1. The van der Waals surface area contributed by atoms with Crippen molar-refractivity contribution in [2.45, 2.75) is 45.3 Å². The maximum atomic E-state index is 13.1. The van der Waals surface area contributed by atoms with Gasteiger partial charge >= 0.3 is 0 Å². The smallest absolute Gasteiger partial charge is 0.254 e. The number of nitrogens with zero attached hydrogens (tertiary/aromatic N) is 1. The first kappa shape index (κ1) is 23.6. The van der Waals surface area contributed by atoms with Crippen LogP contribution >= 0.6 is 0 Å². The van der Waals surface area contributed by atoms with Crippen molar-refractivity contribution in [1.82, 2.24) is 10.2 Å². The fourth-order valence-electron chi connectivity index (χ4n) is 3.45. The third kappa shape index (κ3) is 6.40. The molecule has 0 fully saturated rings. The molecule has 2 amide bonds. The van der Waals surface area contributed by atoms with E-state index in [1.165, 1.54) is 0 Å². The van der Waals surface area contributed by atoms with Crippen molar-refractivity contribution in [3.05, 3.63) is 71.3 Å². The third-order valence-electron chi connectivity index (χ3n) is 5.00. The molecule has 2 rings (SSSR count). The number of aliphatic hydroxyl groups is 1. The first-order valence-electron chi connectivity index (χ1n) is 10.6. The first-order chi connectivity index (χ1) is 14.5. The van der Waals surface area contributed by atoms with Crippen LogP contribution in [0.3, 0.4) is 0 Å². The Morgan fingerprint density at radius 3 is 2.10 bits per heavy atom. The molecule has 0 spiro atoms. The van der Waals surface area contributed by atoms with Gasteiger partial charge in [-0.1, -0.05) is 56.3 Å². The summed E-state index contributed by atoms with van der Waals surface area (Å²) in [5, 5.41) is 13.3. The van der Waals surface area contributed by atoms with E-state index in [4.69, 9.17) is 5.73 Å². The van der Waals surface area contributed by atoms with Crippen LogP contribution in [-0.2, 0) is 6.42 Å². The Kier molecular flexibility index (Phi) is 9.51. The Hall–Kier alpha value is -2.70. The number of rotatable bonds is 11. The molecule has 0 unspecified atom stereocenters. The van der Waals surface area contributed by atoms with Gasteiger partial charge in [0.05, 0.1) is 23.3 Å². The molecule has 6 heteroatoms. The summed E-state index contributed by atoms with van der Waals surface area (Å²) in [5.74, 6) is -0.538. The van der Waals surface area contributed by atoms with Gasteiger partial charge in [0.25, 0.3) is 11.8 Å². The van der Waals surface area contributed by atoms with Gasteiger partial charge in [0.15, 0.2) is 0 Å². The van der Waals surface area contributed by atoms with Crippen molar-refractivity contribution in [3.63, 3.8) is 0 Å². The molecule has 0 bridgehead atoms. The molecule has 30 heavy (non-hydrogen) atoms. The zero-order valence-corrected chi connectivity index (χ0v) is 17.9. The Labute approximate surface area is 179 Å². The Morgan fingerprint density at radius 2 is 1.53 bits per heavy atom. The summed E-state index contributed by atoms with van der Waals surface area (Å²) in [5.41, 5.74) is 7.33. The number of nitrogens with two attached hydrogens (primary N) is 1. The molecule has 0 saturated heterocycles. The summed E-state index contributed by atoms with van der Waals surface area (Å²) < 4.78 is 0. The maximum Gasteiger partial charge on any atom is 0.254 e. The number of carbonyl (C=O) groups is 2. The fourth-order valence-corrected chi connectivity index (χ4v) is 3.45. The van der Waals surface area contributed by atoms with Crippen molar-refractivity contribution in [3.8, 4) is 0 Å². The summed E-state index contributed by atoms with van der Waals surface area (Å²) in [4.78, 5) is 28.0. The highest BCUT2D eigenvalue weighted by Crippen LogP contribution is 2.15. The molecule has 0 saturated carbocycles. The number of nitrogens with one attached hydrogen (secondary N) is 1. The molecular weight excluding hydrogens is 378 g/mol. The molecule has 0 aliphatic rings. The minimum absolute atomic E-state index is 0.0269. The van der Waals surface area contributed by atoms with Gasteiger partial charge in [0.1, 0.15) is 0 Å². The highest BCUT2D eigenvalue weighted by Gasteiger charge is 2.25. The van der Waals surface area contributed by atoms with E-state index in [2.05, 4.69) is 5.32 Å². The van der Waals surface area contributed by atoms with Crippen molar-refractivity contribution in [2.24, 2.45) is 5.73 Å². The molecule has 2 aromatic carbocycles. The normalized spacial score (nSPS) is 12.8. The molecule has 162 valence electrons. The Morgan fingerprint density at radius 1 is 0.967 bits per heavy atom. The number of benzene rings is 2. The quantitative estimate of drug-likeness (QED) is 0.530. The topological polar surface area (TPSA) is 95.7 Å². The SMILES string of the molecule is CCCN(CCC)C(=O)c1ccccc1C(=O)N[C@@H](Cc1ccccc1)[C@H](O)CN. The minimum Gasteiger partial charge on any atom is -0.390 e. The summed E-state index contributed by atoms with van der Waals surface area (Å²) in [6, 6.07) is 15.9. The number of carbonyl (C=O) groups excluding carboxylic acids is 2. The van der Waals surface area contributed by atoms with Gasteiger partial charge in [0, 0.05) is 19.6 Å². The number of hydrogen-bond acceptors (Lipinski definition) is 4. The van der Waals surface area contributed by atoms with E-state index in [0.29, 0.717) is 30.6 Å². The summed E-state index contributed by atoms with van der Waals surface area (Å²) in [7, 11) is 0. The molecule has 6 nitrogen and oxygen atoms in total. The summed E-state index contributed by atoms with van der Waals surface area (Å²) in [6.07, 6.45) is 1.25. The van der Waals surface area contributed by atoms with Crippen LogP contribution in [0.25, 0.3) is 0 Å². The second-order valence-corrected chi connectivity index (χ2v) is 7.41. The lowest BCUT2D eigenvalue weighted by atomic mass is 9.99. The van der Waals surface area contributed by atoms with E-state index in [1.807, 2.05) is 44.2 Å². The van der Waals surface area contributed by atoms with E-state index in [-0.39, 0.29) is 18.4 Å². The van der Waals surface area contributed by atoms with Gasteiger partial charge in [-0.05, 0) is 37.0 Å². The van der Waals surface area contributed by atoms with E-state index >= 15 is 0 Å². The molecule has 2 atom stereocenters. The minimum atomic E-state index is -0.895. The van der Waals surface area contributed by atoms with E-state index in [0.717, 1.165) is 18.4 Å². The largest absolute Gasteiger partial charge is 0.390 e. The summed E-state index contributed by atoms with van der Waals surface area (Å²) in [6.45, 7) is 5.36. The van der Waals surface area contributed by atoms with Crippen LogP contribution in [0.1, 0.15) is 53.0 Å². The van der Waals surface area contributed by atoms with Crippen LogP contribution < -0.4 is 11.1 Å². The molecule has 0 aromatic heterocycles. The van der Waals surface area contributed by atoms with Gasteiger partial charge < -0.3 is 21.1 Å². The van der Waals surface area contributed by atoms with Gasteiger partial charge in [-0.15, -0.1) is 0 Å². The van der Waals surface area contributed by atoms with Gasteiger partial charge in [0.2, 0.25) is 0 Å². The third-order valence-corrected chi connectivity index (χ3v) is 5.00. The van der Waals surface area contributed by atoms with Crippen molar-refractivity contribution in [1.29, 1.82) is 0 Å². The molecule has 4 N–H and O–H groups in total. The Balaban J connectivity index is 2.25. The van der Waals surface area contributed by atoms with Crippen molar-refractivity contribution in [2.75, 3.05) is 19.6 Å². The fraction of sp³-hybridized carbons (Fsp3) is 0.417. The molecule has 0 aliphatic heterocycles. The number of hydrogen-bond donors (Lipinski definition) is 3. The van der Waals surface area contributed by atoms with Gasteiger partial charge in [-0.25, -0.2) is 0 Å². The first-order valence-corrected chi connectivity index (χ1v) is 10.6. The van der Waals surface area contributed by atoms with Crippen LogP contribution in [0, 0.1) is 0 Å². The number of aliphatic hydroxyl groups excluding tert-OH is 1. The second kappa shape index (κ2) is 12.1. The lowest BCUT2D eigenvalue weighted by Crippen LogP contribution is -2.48. The van der Waals surface area contributed by atoms with Crippen LogP contribution in [0.2, 0.25) is 0 Å². The van der Waals surface area contributed by atoms with Crippen molar-refractivity contribution < 1.29 is 14.7 Å². The zero-order valence-electron chi connectivity index (χ0n) is 17.9. The monoisotopic (exact) mass is 411 g/mol. The zero-order chi connectivity index (χ0) is 21.9. The Bertz CT molecular complexity index is 804. The average Bonchev–Trinajstić information content (AvgIpc) is 2.78. The van der Waals surface area contributed by atoms with Crippen LogP contribution in [0.5, 0.6) is 0 Å². The van der Waals surface area contributed by atoms with Crippen LogP contribution in [0.15, 0.2) is 54.6 Å². The van der Waals surface area contributed by atoms with Gasteiger partial charge in [-0.2, -0.15) is 0 Å².